The molecule has 0 fully saturated rings. The molecule has 0 aliphatic carbocycles. The Morgan fingerprint density at radius 1 is 1.24 bits per heavy atom. The second-order valence-electron chi connectivity index (χ2n) is 3.88. The minimum atomic E-state index is 0.688. The molecule has 1 heterocycles. The number of nitrogens with one attached hydrogen (secondary N) is 1. The molecule has 0 amide bonds. The molecule has 4 nitrogen and oxygen atoms in total. The van der Waals surface area contributed by atoms with Crippen molar-refractivity contribution >= 4 is 17.4 Å². The number of benzene rings is 1. The van der Waals surface area contributed by atoms with E-state index in [1.54, 1.807) is 11.8 Å². The summed E-state index contributed by atoms with van der Waals surface area (Å²) < 4.78 is 2.01. The topological polar surface area (TPSA) is 42.7 Å². The third-order valence-electron chi connectivity index (χ3n) is 2.61. The van der Waals surface area contributed by atoms with Crippen LogP contribution in [0.2, 0.25) is 0 Å². The molecular weight excluding hydrogens is 232 g/mol. The van der Waals surface area contributed by atoms with Gasteiger partial charge in [0.2, 0.25) is 0 Å². The van der Waals surface area contributed by atoms with Gasteiger partial charge in [-0.1, -0.05) is 29.5 Å². The molecule has 0 saturated carbocycles. The molecule has 1 N–H and O–H groups in total. The summed E-state index contributed by atoms with van der Waals surface area (Å²) in [6.45, 7) is 2.77. The van der Waals surface area contributed by atoms with Crippen LogP contribution in [0.25, 0.3) is 0 Å². The second kappa shape index (κ2) is 5.23. The largest absolute Gasteiger partial charge is 0.378 e. The Labute approximate surface area is 105 Å². The summed E-state index contributed by atoms with van der Waals surface area (Å²) in [7, 11) is 1.98. The van der Waals surface area contributed by atoms with Gasteiger partial charge in [-0.3, -0.25) is 0 Å². The first-order valence-corrected chi connectivity index (χ1v) is 6.66. The van der Waals surface area contributed by atoms with E-state index >= 15 is 0 Å². The Balaban J connectivity index is 2.02. The Kier molecular flexibility index (Phi) is 3.68. The predicted octanol–water partition coefficient (Wildman–Crippen LogP) is 2.46. The van der Waals surface area contributed by atoms with Crippen LogP contribution in [0.4, 0.5) is 5.69 Å². The van der Waals surface area contributed by atoms with Crippen LogP contribution in [-0.4, -0.2) is 21.0 Å². The van der Waals surface area contributed by atoms with Crippen LogP contribution in [0.1, 0.15) is 11.4 Å². The molecule has 90 valence electrons. The van der Waals surface area contributed by atoms with E-state index in [0.29, 0.717) is 6.54 Å². The van der Waals surface area contributed by atoms with Gasteiger partial charge in [-0.25, -0.2) is 0 Å². The van der Waals surface area contributed by atoms with Crippen LogP contribution in [0.5, 0.6) is 0 Å². The third kappa shape index (κ3) is 2.79. The van der Waals surface area contributed by atoms with Crippen molar-refractivity contribution in [3.05, 3.63) is 35.7 Å². The van der Waals surface area contributed by atoms with Crippen molar-refractivity contribution in [2.24, 2.45) is 7.05 Å². The minimum absolute atomic E-state index is 0.688. The molecule has 0 atom stereocenters. The highest BCUT2D eigenvalue weighted by atomic mass is 32.2. The predicted molar refractivity (Wildman–Crippen MR) is 71.3 cm³/mol. The zero-order chi connectivity index (χ0) is 12.3. The summed E-state index contributed by atoms with van der Waals surface area (Å²) in [5, 5.41) is 12.5. The van der Waals surface area contributed by atoms with Crippen molar-refractivity contribution in [3.8, 4) is 0 Å². The van der Waals surface area contributed by atoms with Gasteiger partial charge < -0.3 is 9.88 Å². The first-order chi connectivity index (χ1) is 8.20. The molecule has 0 saturated heterocycles. The van der Waals surface area contributed by atoms with Gasteiger partial charge >= 0.3 is 0 Å². The molecule has 2 rings (SSSR count). The quantitative estimate of drug-likeness (QED) is 0.844. The monoisotopic (exact) mass is 248 g/mol. The van der Waals surface area contributed by atoms with Crippen LogP contribution in [-0.2, 0) is 13.6 Å². The highest BCUT2D eigenvalue weighted by Gasteiger charge is 2.06. The lowest BCUT2D eigenvalue weighted by Gasteiger charge is -2.06. The first kappa shape index (κ1) is 12.0. The Morgan fingerprint density at radius 2 is 1.94 bits per heavy atom. The number of aryl methyl sites for hydroxylation is 1. The Bertz CT molecular complexity index is 490. The number of nitrogens with zero attached hydrogens (tertiary/aromatic N) is 3. The third-order valence-corrected chi connectivity index (χ3v) is 3.33. The fourth-order valence-corrected chi connectivity index (χ4v) is 2.03. The summed E-state index contributed by atoms with van der Waals surface area (Å²) in [6, 6.07) is 8.32. The fourth-order valence-electron chi connectivity index (χ4n) is 1.53. The van der Waals surface area contributed by atoms with E-state index in [1.165, 1.54) is 5.56 Å². The molecule has 1 aromatic carbocycles. The number of thioether (sulfide) groups is 1. The molecule has 0 bridgehead atoms. The molecule has 0 aliphatic rings. The number of hydrogen-bond acceptors (Lipinski definition) is 4. The van der Waals surface area contributed by atoms with Gasteiger partial charge in [-0.2, -0.15) is 0 Å². The van der Waals surface area contributed by atoms with Crippen molar-refractivity contribution in [1.82, 2.24) is 14.8 Å². The lowest BCUT2D eigenvalue weighted by molar-refractivity contribution is 0.745. The average molecular weight is 248 g/mol. The zero-order valence-corrected chi connectivity index (χ0v) is 11.1. The molecule has 0 spiro atoms. The molecule has 1 aromatic heterocycles. The maximum absolute atomic E-state index is 4.15. The molecule has 5 heteroatoms. The highest BCUT2D eigenvalue weighted by molar-refractivity contribution is 7.98. The maximum Gasteiger partial charge on any atom is 0.190 e. The van der Waals surface area contributed by atoms with Crippen LogP contribution < -0.4 is 5.32 Å². The van der Waals surface area contributed by atoms with Crippen LogP contribution in [0.15, 0.2) is 29.4 Å². The summed E-state index contributed by atoms with van der Waals surface area (Å²) in [5.41, 5.74) is 2.36. The summed E-state index contributed by atoms with van der Waals surface area (Å²) in [6.07, 6.45) is 2.00. The number of aromatic nitrogens is 3. The zero-order valence-electron chi connectivity index (χ0n) is 10.3. The van der Waals surface area contributed by atoms with Gasteiger partial charge in [0.05, 0.1) is 6.54 Å². The molecule has 0 unspecified atom stereocenters. The number of hydrogen-bond donors (Lipinski definition) is 1. The number of rotatable bonds is 4. The lowest BCUT2D eigenvalue weighted by atomic mass is 10.2. The molecule has 0 aliphatic heterocycles. The van der Waals surface area contributed by atoms with Gasteiger partial charge in [0.1, 0.15) is 0 Å². The van der Waals surface area contributed by atoms with Gasteiger partial charge in [0, 0.05) is 12.7 Å². The number of anilines is 1. The van der Waals surface area contributed by atoms with Crippen LogP contribution in [0, 0.1) is 6.92 Å². The van der Waals surface area contributed by atoms with Crippen molar-refractivity contribution in [1.29, 1.82) is 0 Å². The van der Waals surface area contributed by atoms with E-state index in [-0.39, 0.29) is 0 Å². The maximum atomic E-state index is 4.15. The molecular formula is C12H16N4S. The van der Waals surface area contributed by atoms with E-state index in [9.17, 15) is 0 Å². The van der Waals surface area contributed by atoms with Crippen LogP contribution >= 0.6 is 11.8 Å². The minimum Gasteiger partial charge on any atom is -0.378 e. The van der Waals surface area contributed by atoms with E-state index in [0.717, 1.165) is 16.7 Å². The highest BCUT2D eigenvalue weighted by Crippen LogP contribution is 2.13. The van der Waals surface area contributed by atoms with E-state index in [2.05, 4.69) is 46.7 Å². The van der Waals surface area contributed by atoms with Crippen molar-refractivity contribution in [2.45, 2.75) is 18.6 Å². The van der Waals surface area contributed by atoms with Gasteiger partial charge in [0.25, 0.3) is 0 Å². The second-order valence-corrected chi connectivity index (χ2v) is 4.65. The summed E-state index contributed by atoms with van der Waals surface area (Å²) >= 11 is 1.60. The Hall–Kier alpha value is -1.49. The van der Waals surface area contributed by atoms with Gasteiger partial charge in [-0.15, -0.1) is 10.2 Å². The lowest BCUT2D eigenvalue weighted by Crippen LogP contribution is -2.06. The smallest absolute Gasteiger partial charge is 0.190 e. The molecule has 17 heavy (non-hydrogen) atoms. The normalized spacial score (nSPS) is 10.5. The van der Waals surface area contributed by atoms with Crippen LogP contribution in [0.3, 0.4) is 0 Å². The SMILES string of the molecule is CSc1nnc(CNc2ccc(C)cc2)n1C. The van der Waals surface area contributed by atoms with Gasteiger partial charge in [0.15, 0.2) is 11.0 Å². The first-order valence-electron chi connectivity index (χ1n) is 5.43. The van der Waals surface area contributed by atoms with Gasteiger partial charge in [-0.05, 0) is 25.3 Å². The van der Waals surface area contributed by atoms with E-state index < -0.39 is 0 Å². The fraction of sp³-hybridized carbons (Fsp3) is 0.333. The Morgan fingerprint density at radius 3 is 2.53 bits per heavy atom. The van der Waals surface area contributed by atoms with E-state index in [4.69, 9.17) is 0 Å². The van der Waals surface area contributed by atoms with Crippen molar-refractivity contribution in [2.75, 3.05) is 11.6 Å². The standard InChI is InChI=1S/C12H16N4S/c1-9-4-6-10(7-5-9)13-8-11-14-15-12(17-3)16(11)2/h4-7,13H,8H2,1-3H3. The summed E-state index contributed by atoms with van der Waals surface area (Å²) in [5.74, 6) is 0.940. The van der Waals surface area contributed by atoms with Crippen molar-refractivity contribution < 1.29 is 0 Å². The van der Waals surface area contributed by atoms with Crippen molar-refractivity contribution in [3.63, 3.8) is 0 Å². The molecule has 2 aromatic rings. The summed E-state index contributed by atoms with van der Waals surface area (Å²) in [4.78, 5) is 0. The molecule has 0 radical (unpaired) electrons. The van der Waals surface area contributed by atoms with E-state index in [1.807, 2.05) is 17.9 Å². The average Bonchev–Trinajstić information content (AvgIpc) is 2.69.